The number of carbonyl (C=O) groups excluding carboxylic acids is 1. The van der Waals surface area contributed by atoms with E-state index >= 15 is 0 Å². The van der Waals surface area contributed by atoms with E-state index in [9.17, 15) is 13.2 Å². The van der Waals surface area contributed by atoms with Crippen molar-refractivity contribution >= 4 is 21.6 Å². The van der Waals surface area contributed by atoms with Gasteiger partial charge in [-0.1, -0.05) is 6.42 Å². The van der Waals surface area contributed by atoms with Crippen LogP contribution in [0.1, 0.15) is 44.1 Å². The lowest BCUT2D eigenvalue weighted by Gasteiger charge is -2.32. The van der Waals surface area contributed by atoms with Crippen LogP contribution >= 0.6 is 0 Å². The highest BCUT2D eigenvalue weighted by Crippen LogP contribution is 2.30. The minimum Gasteiger partial charge on any atom is -0.312 e. The number of sulfonamides is 1. The lowest BCUT2D eigenvalue weighted by atomic mass is 10.00. The van der Waals surface area contributed by atoms with Crippen LogP contribution in [-0.2, 0) is 14.8 Å². The maximum atomic E-state index is 13.0. The third-order valence-electron chi connectivity index (χ3n) is 6.00. The van der Waals surface area contributed by atoms with E-state index < -0.39 is 10.0 Å². The summed E-state index contributed by atoms with van der Waals surface area (Å²) in [5, 5.41) is 0. The number of amides is 1. The van der Waals surface area contributed by atoms with Gasteiger partial charge in [0, 0.05) is 37.3 Å². The van der Waals surface area contributed by atoms with Crippen LogP contribution < -0.4 is 9.62 Å². The molecule has 0 aliphatic carbocycles. The molecule has 4 rings (SSSR count). The first-order valence-corrected chi connectivity index (χ1v) is 11.1. The fraction of sp³-hybridized carbons (Fsp3) is 0.632. The molecular weight excluding hydrogens is 350 g/mol. The molecule has 26 heavy (non-hydrogen) atoms. The molecule has 2 atom stereocenters. The van der Waals surface area contributed by atoms with E-state index in [1.807, 2.05) is 6.07 Å². The van der Waals surface area contributed by atoms with Crippen molar-refractivity contribution in [1.82, 2.24) is 9.62 Å². The first kappa shape index (κ1) is 17.9. The Bertz CT molecular complexity index is 808. The lowest BCUT2D eigenvalue weighted by Crippen LogP contribution is -2.46. The van der Waals surface area contributed by atoms with Crippen molar-refractivity contribution in [2.75, 3.05) is 24.5 Å². The number of benzene rings is 1. The summed E-state index contributed by atoms with van der Waals surface area (Å²) in [5.74, 6) is 0.112. The van der Waals surface area contributed by atoms with Gasteiger partial charge in [0.2, 0.25) is 15.9 Å². The quantitative estimate of drug-likeness (QED) is 0.872. The van der Waals surface area contributed by atoms with Crippen LogP contribution in [0.5, 0.6) is 0 Å². The molecule has 0 spiro atoms. The van der Waals surface area contributed by atoms with Gasteiger partial charge < -0.3 is 4.90 Å². The largest absolute Gasteiger partial charge is 0.312 e. The molecule has 1 N–H and O–H groups in total. The van der Waals surface area contributed by atoms with E-state index in [0.717, 1.165) is 38.0 Å². The summed E-state index contributed by atoms with van der Waals surface area (Å²) in [5.41, 5.74) is 1.48. The second-order valence-corrected chi connectivity index (χ2v) is 9.40. The highest BCUT2D eigenvalue weighted by molar-refractivity contribution is 7.89. The van der Waals surface area contributed by atoms with Gasteiger partial charge in [-0.05, 0) is 62.9 Å². The summed E-state index contributed by atoms with van der Waals surface area (Å²) in [6, 6.07) is 5.55. The van der Waals surface area contributed by atoms with Crippen LogP contribution in [0.2, 0.25) is 0 Å². The predicted octanol–water partition coefficient (Wildman–Crippen LogP) is 2.03. The average molecular weight is 378 g/mol. The molecule has 0 radical (unpaired) electrons. The predicted molar refractivity (Wildman–Crippen MR) is 101 cm³/mol. The molecule has 0 aromatic heterocycles. The summed E-state index contributed by atoms with van der Waals surface area (Å²) in [6.45, 7) is 4.58. The van der Waals surface area contributed by atoms with E-state index in [4.69, 9.17) is 0 Å². The molecule has 3 aliphatic heterocycles. The summed E-state index contributed by atoms with van der Waals surface area (Å²) in [6.07, 6.45) is 5.77. The molecular formula is C19H27N3O3S. The van der Waals surface area contributed by atoms with Gasteiger partial charge in [-0.15, -0.1) is 0 Å². The molecule has 1 aromatic carbocycles. The van der Waals surface area contributed by atoms with Crippen molar-refractivity contribution in [2.24, 2.45) is 0 Å². The van der Waals surface area contributed by atoms with E-state index in [1.54, 1.807) is 24.0 Å². The topological polar surface area (TPSA) is 69.7 Å². The molecule has 2 unspecified atom stereocenters. The van der Waals surface area contributed by atoms with Crippen molar-refractivity contribution < 1.29 is 13.2 Å². The first-order valence-electron chi connectivity index (χ1n) is 9.63. The third kappa shape index (κ3) is 3.28. The number of anilines is 1. The minimum atomic E-state index is -3.56. The van der Waals surface area contributed by atoms with Crippen molar-refractivity contribution in [1.29, 1.82) is 0 Å². The third-order valence-corrected chi connectivity index (χ3v) is 7.65. The van der Waals surface area contributed by atoms with Crippen LogP contribution in [0.25, 0.3) is 0 Å². The second-order valence-electron chi connectivity index (χ2n) is 7.71. The Morgan fingerprint density at radius 2 is 1.92 bits per heavy atom. The Kier molecular flexibility index (Phi) is 4.79. The summed E-state index contributed by atoms with van der Waals surface area (Å²) < 4.78 is 28.9. The molecule has 3 heterocycles. The van der Waals surface area contributed by atoms with Gasteiger partial charge in [0.05, 0.1) is 4.90 Å². The molecule has 6 nitrogen and oxygen atoms in total. The van der Waals surface area contributed by atoms with Gasteiger partial charge in [-0.3, -0.25) is 9.69 Å². The van der Waals surface area contributed by atoms with Crippen LogP contribution in [0.15, 0.2) is 23.1 Å². The van der Waals surface area contributed by atoms with Gasteiger partial charge in [-0.25, -0.2) is 13.1 Å². The Hall–Kier alpha value is -1.44. The van der Waals surface area contributed by atoms with Gasteiger partial charge in [0.15, 0.2) is 0 Å². The smallest absolute Gasteiger partial charge is 0.241 e. The fourth-order valence-electron chi connectivity index (χ4n) is 4.67. The summed E-state index contributed by atoms with van der Waals surface area (Å²) in [7, 11) is -3.56. The molecule has 1 amide bonds. The monoisotopic (exact) mass is 377 g/mol. The summed E-state index contributed by atoms with van der Waals surface area (Å²) >= 11 is 0. The van der Waals surface area contributed by atoms with E-state index in [1.165, 1.54) is 12.8 Å². The standard InChI is InChI=1S/C19H27N3O3S/c1-14-13-15(22-11-4-6-19(22)23)7-8-18(14)26(24,25)20-16-9-12-21-10-3-2-5-17(16)21/h7-8,13,16-17,20H,2-6,9-12H2,1H3. The van der Waals surface area contributed by atoms with Crippen molar-refractivity contribution in [2.45, 2.75) is 62.4 Å². The Morgan fingerprint density at radius 1 is 1.08 bits per heavy atom. The van der Waals surface area contributed by atoms with Crippen LogP contribution in [0, 0.1) is 6.92 Å². The maximum absolute atomic E-state index is 13.0. The lowest BCUT2D eigenvalue weighted by molar-refractivity contribution is -0.117. The van der Waals surface area contributed by atoms with Crippen molar-refractivity contribution in [3.63, 3.8) is 0 Å². The molecule has 3 fully saturated rings. The number of nitrogens with zero attached hydrogens (tertiary/aromatic N) is 2. The highest BCUT2D eigenvalue weighted by Gasteiger charge is 2.38. The number of rotatable bonds is 4. The van der Waals surface area contributed by atoms with Crippen LogP contribution in [0.4, 0.5) is 5.69 Å². The van der Waals surface area contributed by atoms with E-state index in [0.29, 0.717) is 29.5 Å². The van der Waals surface area contributed by atoms with E-state index in [2.05, 4.69) is 9.62 Å². The van der Waals surface area contributed by atoms with Gasteiger partial charge in [-0.2, -0.15) is 0 Å². The van der Waals surface area contributed by atoms with Gasteiger partial charge in [0.1, 0.15) is 0 Å². The molecule has 142 valence electrons. The van der Waals surface area contributed by atoms with Crippen LogP contribution in [0.3, 0.4) is 0 Å². The van der Waals surface area contributed by atoms with Crippen molar-refractivity contribution in [3.8, 4) is 0 Å². The maximum Gasteiger partial charge on any atom is 0.241 e. The van der Waals surface area contributed by atoms with Gasteiger partial charge in [0.25, 0.3) is 0 Å². The number of piperidine rings is 1. The normalized spacial score (nSPS) is 27.1. The van der Waals surface area contributed by atoms with Crippen molar-refractivity contribution in [3.05, 3.63) is 23.8 Å². The number of aryl methyl sites for hydroxylation is 1. The van der Waals surface area contributed by atoms with Crippen LogP contribution in [-0.4, -0.2) is 50.9 Å². The second kappa shape index (κ2) is 6.94. The molecule has 0 bridgehead atoms. The first-order chi connectivity index (χ1) is 12.5. The zero-order valence-corrected chi connectivity index (χ0v) is 16.1. The zero-order chi connectivity index (χ0) is 18.3. The zero-order valence-electron chi connectivity index (χ0n) is 15.3. The number of hydrogen-bond acceptors (Lipinski definition) is 4. The highest BCUT2D eigenvalue weighted by atomic mass is 32.2. The van der Waals surface area contributed by atoms with Gasteiger partial charge >= 0.3 is 0 Å². The number of nitrogens with one attached hydrogen (secondary N) is 1. The molecule has 3 saturated heterocycles. The number of carbonyl (C=O) groups is 1. The summed E-state index contributed by atoms with van der Waals surface area (Å²) in [4.78, 5) is 16.4. The molecule has 3 aliphatic rings. The Labute approximate surface area is 155 Å². The Morgan fingerprint density at radius 3 is 2.65 bits per heavy atom. The number of hydrogen-bond donors (Lipinski definition) is 1. The van der Waals surface area contributed by atoms with E-state index in [-0.39, 0.29) is 11.9 Å². The minimum absolute atomic E-state index is 0.000429. The number of fused-ring (bicyclic) bond motifs is 1. The Balaban J connectivity index is 1.53. The average Bonchev–Trinajstić information content (AvgIpc) is 3.21. The fourth-order valence-corrected chi connectivity index (χ4v) is 6.20. The molecule has 1 aromatic rings. The molecule has 7 heteroatoms. The molecule has 0 saturated carbocycles. The SMILES string of the molecule is Cc1cc(N2CCCC2=O)ccc1S(=O)(=O)NC1CCN2CCCCC12.